The first-order valence-corrected chi connectivity index (χ1v) is 9.70. The second-order valence-corrected chi connectivity index (χ2v) is 7.54. The van der Waals surface area contributed by atoms with Crippen molar-refractivity contribution in [3.63, 3.8) is 0 Å². The lowest BCUT2D eigenvalue weighted by Crippen LogP contribution is -2.28. The molecule has 0 saturated heterocycles. The number of hydrogen-bond acceptors (Lipinski definition) is 3. The summed E-state index contributed by atoms with van der Waals surface area (Å²) in [5.41, 5.74) is 2.00. The molecule has 26 heavy (non-hydrogen) atoms. The van der Waals surface area contributed by atoms with Gasteiger partial charge in [0, 0.05) is 11.3 Å². The van der Waals surface area contributed by atoms with Crippen LogP contribution in [0.25, 0.3) is 0 Å². The standard InChI is InChI=1S/C21H22ClNO2S/c1-14-7-5-6-10-19(14)25-21(24)17-13-16(11-12-18(17)22)23-20(26)15-8-3-2-4-9-15/h2-4,8-9,11-14,19H,5-7,10H2,1H3,(H,23,26). The Labute approximate surface area is 164 Å². The van der Waals surface area contributed by atoms with Crippen molar-refractivity contribution < 1.29 is 9.53 Å². The Morgan fingerprint density at radius 3 is 2.62 bits per heavy atom. The van der Waals surface area contributed by atoms with Crippen LogP contribution in [0.3, 0.4) is 0 Å². The maximum atomic E-state index is 12.6. The minimum atomic E-state index is -0.372. The third-order valence-corrected chi connectivity index (χ3v) is 5.44. The van der Waals surface area contributed by atoms with Crippen molar-refractivity contribution in [3.8, 4) is 0 Å². The average molecular weight is 388 g/mol. The zero-order valence-corrected chi connectivity index (χ0v) is 16.3. The summed E-state index contributed by atoms with van der Waals surface area (Å²) >= 11 is 11.7. The van der Waals surface area contributed by atoms with Crippen LogP contribution in [0.2, 0.25) is 5.02 Å². The zero-order valence-electron chi connectivity index (χ0n) is 14.7. The molecule has 0 heterocycles. The van der Waals surface area contributed by atoms with Crippen LogP contribution in [0.15, 0.2) is 48.5 Å². The molecule has 3 rings (SSSR count). The van der Waals surface area contributed by atoms with Crippen molar-refractivity contribution in [3.05, 3.63) is 64.7 Å². The van der Waals surface area contributed by atoms with Crippen LogP contribution in [0, 0.1) is 5.92 Å². The van der Waals surface area contributed by atoms with E-state index in [1.54, 1.807) is 18.2 Å². The Kier molecular flexibility index (Phi) is 6.28. The van der Waals surface area contributed by atoms with E-state index in [9.17, 15) is 4.79 Å². The topological polar surface area (TPSA) is 38.3 Å². The van der Waals surface area contributed by atoms with Crippen molar-refractivity contribution >= 4 is 40.5 Å². The number of benzene rings is 2. The van der Waals surface area contributed by atoms with Crippen LogP contribution in [0.5, 0.6) is 0 Å². The fourth-order valence-corrected chi connectivity index (χ4v) is 3.66. The number of anilines is 1. The molecule has 1 fully saturated rings. The van der Waals surface area contributed by atoms with Crippen molar-refractivity contribution in [1.82, 2.24) is 0 Å². The summed E-state index contributed by atoms with van der Waals surface area (Å²) in [5.74, 6) is 0.0153. The molecular weight excluding hydrogens is 366 g/mol. The van der Waals surface area contributed by atoms with Gasteiger partial charge >= 0.3 is 5.97 Å². The normalized spacial score (nSPS) is 19.6. The molecule has 1 aliphatic carbocycles. The maximum Gasteiger partial charge on any atom is 0.340 e. The Morgan fingerprint density at radius 2 is 1.88 bits per heavy atom. The predicted molar refractivity (Wildman–Crippen MR) is 110 cm³/mol. The smallest absolute Gasteiger partial charge is 0.340 e. The molecular formula is C21H22ClNO2S. The molecule has 0 spiro atoms. The Hall–Kier alpha value is -1.91. The monoisotopic (exact) mass is 387 g/mol. The van der Waals surface area contributed by atoms with Gasteiger partial charge in [0.2, 0.25) is 0 Å². The van der Waals surface area contributed by atoms with E-state index in [1.165, 1.54) is 6.42 Å². The number of carbonyl (C=O) groups excluding carboxylic acids is 1. The van der Waals surface area contributed by atoms with Crippen LogP contribution in [-0.4, -0.2) is 17.1 Å². The number of ether oxygens (including phenoxy) is 1. The minimum absolute atomic E-state index is 0.0330. The molecule has 2 aromatic rings. The van der Waals surface area contributed by atoms with Crippen molar-refractivity contribution in [2.24, 2.45) is 5.92 Å². The first kappa shape index (κ1) is 18.9. The number of nitrogens with one attached hydrogen (secondary N) is 1. The van der Waals surface area contributed by atoms with Gasteiger partial charge in [0.25, 0.3) is 0 Å². The Morgan fingerprint density at radius 1 is 1.15 bits per heavy atom. The predicted octanol–water partition coefficient (Wildman–Crippen LogP) is 5.86. The Balaban J connectivity index is 1.72. The van der Waals surface area contributed by atoms with E-state index in [4.69, 9.17) is 28.6 Å². The van der Waals surface area contributed by atoms with Crippen molar-refractivity contribution in [2.75, 3.05) is 5.32 Å². The summed E-state index contributed by atoms with van der Waals surface area (Å²) in [6.45, 7) is 2.13. The highest BCUT2D eigenvalue weighted by Gasteiger charge is 2.26. The number of carbonyl (C=O) groups is 1. The summed E-state index contributed by atoms with van der Waals surface area (Å²) < 4.78 is 5.73. The van der Waals surface area contributed by atoms with E-state index in [1.807, 2.05) is 30.3 Å². The Bertz CT molecular complexity index is 794. The average Bonchev–Trinajstić information content (AvgIpc) is 2.65. The highest BCUT2D eigenvalue weighted by Crippen LogP contribution is 2.29. The summed E-state index contributed by atoms with van der Waals surface area (Å²) in [6.07, 6.45) is 4.28. The second-order valence-electron chi connectivity index (χ2n) is 6.72. The van der Waals surface area contributed by atoms with Crippen LogP contribution < -0.4 is 5.32 Å². The van der Waals surface area contributed by atoms with Crippen LogP contribution in [-0.2, 0) is 4.74 Å². The zero-order chi connectivity index (χ0) is 18.5. The van der Waals surface area contributed by atoms with Gasteiger partial charge in [-0.05, 0) is 43.4 Å². The number of esters is 1. The molecule has 2 aromatic carbocycles. The van der Waals surface area contributed by atoms with Gasteiger partial charge in [-0.25, -0.2) is 4.79 Å². The molecule has 1 aliphatic rings. The quantitative estimate of drug-likeness (QED) is 0.526. The maximum absolute atomic E-state index is 12.6. The molecule has 0 radical (unpaired) electrons. The molecule has 3 nitrogen and oxygen atoms in total. The van der Waals surface area contributed by atoms with Gasteiger partial charge in [0.05, 0.1) is 10.6 Å². The molecule has 0 bridgehead atoms. The lowest BCUT2D eigenvalue weighted by molar-refractivity contribution is 0.00484. The van der Waals surface area contributed by atoms with E-state index < -0.39 is 0 Å². The summed E-state index contributed by atoms with van der Waals surface area (Å²) in [4.78, 5) is 13.2. The molecule has 0 amide bonds. The largest absolute Gasteiger partial charge is 0.458 e. The van der Waals surface area contributed by atoms with Gasteiger partial charge in [-0.3, -0.25) is 0 Å². The minimum Gasteiger partial charge on any atom is -0.458 e. The van der Waals surface area contributed by atoms with Gasteiger partial charge in [0.1, 0.15) is 11.1 Å². The van der Waals surface area contributed by atoms with E-state index >= 15 is 0 Å². The third kappa shape index (κ3) is 4.63. The van der Waals surface area contributed by atoms with E-state index in [-0.39, 0.29) is 12.1 Å². The van der Waals surface area contributed by atoms with Gasteiger partial charge in [0.15, 0.2) is 0 Å². The van der Waals surface area contributed by atoms with Crippen molar-refractivity contribution in [2.45, 2.75) is 38.7 Å². The molecule has 136 valence electrons. The summed E-state index contributed by atoms with van der Waals surface area (Å²) in [7, 11) is 0. The summed E-state index contributed by atoms with van der Waals surface area (Å²) in [5, 5.41) is 3.54. The highest BCUT2D eigenvalue weighted by molar-refractivity contribution is 7.81. The molecule has 2 atom stereocenters. The molecule has 0 aromatic heterocycles. The second kappa shape index (κ2) is 8.65. The first-order valence-electron chi connectivity index (χ1n) is 8.91. The van der Waals surface area contributed by atoms with E-state index in [0.717, 1.165) is 24.8 Å². The number of halogens is 1. The fourth-order valence-electron chi connectivity index (χ4n) is 3.21. The first-order chi connectivity index (χ1) is 12.5. The molecule has 2 unspecified atom stereocenters. The van der Waals surface area contributed by atoms with Gasteiger partial charge in [-0.1, -0.05) is 67.5 Å². The third-order valence-electron chi connectivity index (χ3n) is 4.77. The summed E-state index contributed by atoms with van der Waals surface area (Å²) in [6, 6.07) is 14.9. The van der Waals surface area contributed by atoms with Crippen LogP contribution >= 0.6 is 23.8 Å². The SMILES string of the molecule is CC1CCCCC1OC(=O)c1cc(NC(=S)c2ccccc2)ccc1Cl. The van der Waals surface area contributed by atoms with Gasteiger partial charge < -0.3 is 10.1 Å². The lowest BCUT2D eigenvalue weighted by atomic mass is 9.88. The van der Waals surface area contributed by atoms with Gasteiger partial charge in [-0.2, -0.15) is 0 Å². The lowest BCUT2D eigenvalue weighted by Gasteiger charge is -2.28. The molecule has 5 heteroatoms. The fraction of sp³-hybridized carbons (Fsp3) is 0.333. The number of hydrogen-bond donors (Lipinski definition) is 1. The molecule has 1 N–H and O–H groups in total. The van der Waals surface area contributed by atoms with E-state index in [2.05, 4.69) is 12.2 Å². The molecule has 1 saturated carbocycles. The number of rotatable bonds is 4. The van der Waals surface area contributed by atoms with Gasteiger partial charge in [-0.15, -0.1) is 0 Å². The van der Waals surface area contributed by atoms with Crippen LogP contribution in [0.1, 0.15) is 48.5 Å². The van der Waals surface area contributed by atoms with Crippen molar-refractivity contribution in [1.29, 1.82) is 0 Å². The van der Waals surface area contributed by atoms with E-state index in [0.29, 0.717) is 27.2 Å². The highest BCUT2D eigenvalue weighted by atomic mass is 35.5. The molecule has 0 aliphatic heterocycles. The van der Waals surface area contributed by atoms with Crippen LogP contribution in [0.4, 0.5) is 5.69 Å². The number of thiocarbonyl (C=S) groups is 1.